The van der Waals surface area contributed by atoms with E-state index in [1.807, 2.05) is 12.3 Å². The standard InChI is InChI=1S/C19H32N2/c1-3-13-20-19(15-17-10-6-4-5-7-11-17)16(2)18-12-8-9-14-21-18/h8-9,12,14,16-17,19-20H,3-7,10-11,13,15H2,1-2H3. The van der Waals surface area contributed by atoms with E-state index in [0.717, 1.165) is 12.5 Å². The van der Waals surface area contributed by atoms with E-state index in [-0.39, 0.29) is 0 Å². The molecule has 1 N–H and O–H groups in total. The SMILES string of the molecule is CCCNC(CC1CCCCCC1)C(C)c1ccccn1. The summed E-state index contributed by atoms with van der Waals surface area (Å²) in [6, 6.07) is 6.87. The van der Waals surface area contributed by atoms with Crippen molar-refractivity contribution in [1.82, 2.24) is 10.3 Å². The van der Waals surface area contributed by atoms with E-state index in [0.29, 0.717) is 12.0 Å². The van der Waals surface area contributed by atoms with Gasteiger partial charge in [-0.2, -0.15) is 0 Å². The van der Waals surface area contributed by atoms with Crippen molar-refractivity contribution >= 4 is 0 Å². The van der Waals surface area contributed by atoms with Gasteiger partial charge in [0.05, 0.1) is 0 Å². The first-order chi connectivity index (χ1) is 10.3. The molecule has 2 nitrogen and oxygen atoms in total. The van der Waals surface area contributed by atoms with Crippen molar-refractivity contribution in [1.29, 1.82) is 0 Å². The lowest BCUT2D eigenvalue weighted by Gasteiger charge is -2.28. The van der Waals surface area contributed by atoms with Crippen LogP contribution in [0.3, 0.4) is 0 Å². The second kappa shape index (κ2) is 9.19. The summed E-state index contributed by atoms with van der Waals surface area (Å²) in [5.41, 5.74) is 1.24. The quantitative estimate of drug-likeness (QED) is 0.721. The van der Waals surface area contributed by atoms with E-state index < -0.39 is 0 Å². The molecule has 1 aromatic heterocycles. The molecule has 1 saturated carbocycles. The molecule has 1 aromatic rings. The van der Waals surface area contributed by atoms with Crippen LogP contribution in [0.25, 0.3) is 0 Å². The molecule has 1 aliphatic carbocycles. The molecule has 2 heteroatoms. The van der Waals surface area contributed by atoms with Crippen molar-refractivity contribution in [2.24, 2.45) is 5.92 Å². The van der Waals surface area contributed by atoms with E-state index in [9.17, 15) is 0 Å². The lowest BCUT2D eigenvalue weighted by Crippen LogP contribution is -2.36. The van der Waals surface area contributed by atoms with Crippen LogP contribution in [0.1, 0.15) is 76.8 Å². The van der Waals surface area contributed by atoms with Gasteiger partial charge in [0.2, 0.25) is 0 Å². The molecule has 118 valence electrons. The Morgan fingerprint density at radius 1 is 1.19 bits per heavy atom. The fourth-order valence-electron chi connectivity index (χ4n) is 3.60. The Morgan fingerprint density at radius 2 is 1.95 bits per heavy atom. The van der Waals surface area contributed by atoms with Gasteiger partial charge in [-0.15, -0.1) is 0 Å². The first-order valence-electron chi connectivity index (χ1n) is 8.95. The maximum absolute atomic E-state index is 4.58. The predicted octanol–water partition coefficient (Wildman–Crippen LogP) is 4.91. The van der Waals surface area contributed by atoms with Crippen LogP contribution in [0.5, 0.6) is 0 Å². The molecule has 2 atom stereocenters. The highest BCUT2D eigenvalue weighted by molar-refractivity contribution is 5.11. The third kappa shape index (κ3) is 5.43. The molecule has 0 amide bonds. The lowest BCUT2D eigenvalue weighted by molar-refractivity contribution is 0.322. The van der Waals surface area contributed by atoms with E-state index in [1.165, 1.54) is 57.1 Å². The van der Waals surface area contributed by atoms with Crippen molar-refractivity contribution in [3.8, 4) is 0 Å². The van der Waals surface area contributed by atoms with Gasteiger partial charge < -0.3 is 5.32 Å². The minimum Gasteiger partial charge on any atom is -0.313 e. The van der Waals surface area contributed by atoms with Gasteiger partial charge in [0, 0.05) is 23.9 Å². The molecular weight excluding hydrogens is 256 g/mol. The van der Waals surface area contributed by atoms with Gasteiger partial charge in [-0.1, -0.05) is 58.4 Å². The molecule has 0 bridgehead atoms. The highest BCUT2D eigenvalue weighted by Gasteiger charge is 2.23. The number of pyridine rings is 1. The maximum atomic E-state index is 4.58. The molecule has 2 rings (SSSR count). The summed E-state index contributed by atoms with van der Waals surface area (Å²) >= 11 is 0. The molecule has 2 unspecified atom stereocenters. The molecule has 1 aliphatic rings. The first-order valence-corrected chi connectivity index (χ1v) is 8.95. The van der Waals surface area contributed by atoms with Gasteiger partial charge in [-0.05, 0) is 37.4 Å². The Labute approximate surface area is 130 Å². The number of hydrogen-bond acceptors (Lipinski definition) is 2. The van der Waals surface area contributed by atoms with Crippen molar-refractivity contribution in [2.75, 3.05) is 6.54 Å². The molecule has 21 heavy (non-hydrogen) atoms. The average Bonchev–Trinajstić information content (AvgIpc) is 2.80. The fraction of sp³-hybridized carbons (Fsp3) is 0.737. The van der Waals surface area contributed by atoms with Gasteiger partial charge in [0.1, 0.15) is 0 Å². The third-order valence-corrected chi connectivity index (χ3v) is 4.98. The van der Waals surface area contributed by atoms with Gasteiger partial charge in [0.15, 0.2) is 0 Å². The minimum atomic E-state index is 0.501. The van der Waals surface area contributed by atoms with Crippen molar-refractivity contribution < 1.29 is 0 Å². The van der Waals surface area contributed by atoms with Gasteiger partial charge in [0.25, 0.3) is 0 Å². The smallest absolute Gasteiger partial charge is 0.0447 e. The Kier molecular flexibility index (Phi) is 7.21. The van der Waals surface area contributed by atoms with Crippen molar-refractivity contribution in [3.05, 3.63) is 30.1 Å². The summed E-state index contributed by atoms with van der Waals surface area (Å²) in [5, 5.41) is 3.80. The fourth-order valence-corrected chi connectivity index (χ4v) is 3.60. The van der Waals surface area contributed by atoms with Gasteiger partial charge in [-0.25, -0.2) is 0 Å². The van der Waals surface area contributed by atoms with Crippen molar-refractivity contribution in [3.63, 3.8) is 0 Å². The Hall–Kier alpha value is -0.890. The van der Waals surface area contributed by atoms with E-state index in [1.54, 1.807) is 0 Å². The van der Waals surface area contributed by atoms with Crippen LogP contribution < -0.4 is 5.32 Å². The molecule has 0 aliphatic heterocycles. The molecule has 0 aromatic carbocycles. The van der Waals surface area contributed by atoms with Crippen LogP contribution in [-0.4, -0.2) is 17.6 Å². The maximum Gasteiger partial charge on any atom is 0.0447 e. The van der Waals surface area contributed by atoms with Crippen LogP contribution in [-0.2, 0) is 0 Å². The molecule has 0 saturated heterocycles. The third-order valence-electron chi connectivity index (χ3n) is 4.98. The number of nitrogens with one attached hydrogen (secondary N) is 1. The Bertz CT molecular complexity index is 368. The van der Waals surface area contributed by atoms with Crippen LogP contribution in [0.2, 0.25) is 0 Å². The van der Waals surface area contributed by atoms with Gasteiger partial charge >= 0.3 is 0 Å². The summed E-state index contributed by atoms with van der Waals surface area (Å²) < 4.78 is 0. The summed E-state index contributed by atoms with van der Waals surface area (Å²) in [4.78, 5) is 4.58. The van der Waals surface area contributed by atoms with Crippen LogP contribution in [0.4, 0.5) is 0 Å². The number of aromatic nitrogens is 1. The van der Waals surface area contributed by atoms with Crippen molar-refractivity contribution in [2.45, 2.75) is 77.2 Å². The largest absolute Gasteiger partial charge is 0.313 e. The summed E-state index contributed by atoms with van der Waals surface area (Å²) in [7, 11) is 0. The lowest BCUT2D eigenvalue weighted by atomic mass is 9.85. The average molecular weight is 288 g/mol. The summed E-state index contributed by atoms with van der Waals surface area (Å²) in [6.07, 6.45) is 13.1. The Morgan fingerprint density at radius 3 is 2.57 bits per heavy atom. The number of nitrogens with zero attached hydrogens (tertiary/aromatic N) is 1. The molecule has 0 spiro atoms. The molecule has 0 radical (unpaired) electrons. The highest BCUT2D eigenvalue weighted by Crippen LogP contribution is 2.30. The molecular formula is C19H32N2. The van der Waals surface area contributed by atoms with E-state index in [4.69, 9.17) is 0 Å². The van der Waals surface area contributed by atoms with E-state index >= 15 is 0 Å². The van der Waals surface area contributed by atoms with Crippen LogP contribution >= 0.6 is 0 Å². The highest BCUT2D eigenvalue weighted by atomic mass is 14.9. The zero-order valence-corrected chi connectivity index (χ0v) is 13.9. The summed E-state index contributed by atoms with van der Waals surface area (Å²) in [5.74, 6) is 1.41. The van der Waals surface area contributed by atoms with Crippen LogP contribution in [0, 0.1) is 5.92 Å². The van der Waals surface area contributed by atoms with Gasteiger partial charge in [-0.3, -0.25) is 4.98 Å². The molecule has 1 heterocycles. The topological polar surface area (TPSA) is 24.9 Å². The number of hydrogen-bond donors (Lipinski definition) is 1. The summed E-state index contributed by atoms with van der Waals surface area (Å²) in [6.45, 7) is 5.71. The first kappa shape index (κ1) is 16.5. The van der Waals surface area contributed by atoms with Crippen LogP contribution in [0.15, 0.2) is 24.4 Å². The predicted molar refractivity (Wildman–Crippen MR) is 90.5 cm³/mol. The van der Waals surface area contributed by atoms with E-state index in [2.05, 4.69) is 36.3 Å². The second-order valence-electron chi connectivity index (χ2n) is 6.70. The Balaban J connectivity index is 1.98. The molecule has 1 fully saturated rings. The minimum absolute atomic E-state index is 0.501. The zero-order chi connectivity index (χ0) is 14.9. The second-order valence-corrected chi connectivity index (χ2v) is 6.70. The number of rotatable bonds is 7. The monoisotopic (exact) mass is 288 g/mol. The zero-order valence-electron chi connectivity index (χ0n) is 13.9. The normalized spacial score (nSPS) is 19.9.